The van der Waals surface area contributed by atoms with E-state index in [1.54, 1.807) is 31.2 Å². The van der Waals surface area contributed by atoms with Gasteiger partial charge in [-0.25, -0.2) is 9.69 Å². The molecule has 0 saturated carbocycles. The van der Waals surface area contributed by atoms with Gasteiger partial charge in [0, 0.05) is 11.6 Å². The van der Waals surface area contributed by atoms with Crippen LogP contribution in [0.25, 0.3) is 0 Å². The highest BCUT2D eigenvalue weighted by atomic mass is 35.5. The molecule has 3 aliphatic rings. The van der Waals surface area contributed by atoms with Crippen molar-refractivity contribution in [3.05, 3.63) is 34.9 Å². The van der Waals surface area contributed by atoms with Crippen LogP contribution in [0.3, 0.4) is 0 Å². The van der Waals surface area contributed by atoms with E-state index in [9.17, 15) is 14.4 Å². The van der Waals surface area contributed by atoms with Crippen LogP contribution in [-0.4, -0.2) is 73.2 Å². The van der Waals surface area contributed by atoms with Gasteiger partial charge in [0.1, 0.15) is 11.6 Å². The number of hydrogen-bond donors (Lipinski definition) is 2. The minimum atomic E-state index is -1.10. The first-order chi connectivity index (χ1) is 13.9. The lowest BCUT2D eigenvalue weighted by Crippen LogP contribution is -3.16. The summed E-state index contributed by atoms with van der Waals surface area (Å²) in [7, 11) is 0. The third-order valence-corrected chi connectivity index (χ3v) is 6.32. The van der Waals surface area contributed by atoms with Crippen molar-refractivity contribution in [3.8, 4) is 0 Å². The Hall–Kier alpha value is -2.16. The fraction of sp³-hybridized carbons (Fsp3) is 0.550. The van der Waals surface area contributed by atoms with Gasteiger partial charge in [-0.1, -0.05) is 23.7 Å². The zero-order chi connectivity index (χ0) is 20.6. The number of carbonyl (C=O) groups excluding carboxylic acids is 3. The molecule has 29 heavy (non-hydrogen) atoms. The number of ether oxygens (including phenoxy) is 1. The fourth-order valence-corrected chi connectivity index (χ4v) is 4.35. The average molecular weight is 422 g/mol. The first kappa shape index (κ1) is 20.1. The van der Waals surface area contributed by atoms with Gasteiger partial charge in [0.25, 0.3) is 11.8 Å². The van der Waals surface area contributed by atoms with Crippen LogP contribution in [-0.2, 0) is 19.9 Å². The number of halogens is 1. The Morgan fingerprint density at radius 1 is 1.28 bits per heavy atom. The minimum absolute atomic E-state index is 0.0619. The van der Waals surface area contributed by atoms with E-state index in [2.05, 4.69) is 5.32 Å². The highest BCUT2D eigenvalue weighted by Crippen LogP contribution is 2.29. The number of nitrogens with zero attached hydrogens (tertiary/aromatic N) is 2. The van der Waals surface area contributed by atoms with Crippen LogP contribution in [0.15, 0.2) is 24.3 Å². The molecule has 1 aromatic rings. The smallest absolute Gasteiger partial charge is 0.329 e. The Kier molecular flexibility index (Phi) is 5.50. The van der Waals surface area contributed by atoms with Crippen molar-refractivity contribution in [1.29, 1.82) is 0 Å². The second kappa shape index (κ2) is 7.93. The van der Waals surface area contributed by atoms with Crippen LogP contribution >= 0.6 is 11.6 Å². The van der Waals surface area contributed by atoms with Crippen molar-refractivity contribution >= 4 is 29.4 Å². The molecule has 156 valence electrons. The second-order valence-corrected chi connectivity index (χ2v) is 8.47. The Balaban J connectivity index is 1.36. The summed E-state index contributed by atoms with van der Waals surface area (Å²) >= 11 is 5.94. The van der Waals surface area contributed by atoms with E-state index >= 15 is 0 Å². The molecular formula is C20H26ClN4O4+. The Morgan fingerprint density at radius 3 is 2.59 bits per heavy atom. The topological polar surface area (TPSA) is 83.4 Å². The number of amides is 4. The number of quaternary nitrogens is 1. The number of urea groups is 1. The zero-order valence-corrected chi connectivity index (χ0v) is 17.2. The summed E-state index contributed by atoms with van der Waals surface area (Å²) < 4.78 is 5.49. The highest BCUT2D eigenvalue weighted by molar-refractivity contribution is 6.30. The summed E-state index contributed by atoms with van der Waals surface area (Å²) in [6, 6.07) is 6.54. The van der Waals surface area contributed by atoms with E-state index < -0.39 is 11.6 Å². The maximum Gasteiger partial charge on any atom is 0.329 e. The van der Waals surface area contributed by atoms with Crippen molar-refractivity contribution < 1.29 is 24.0 Å². The second-order valence-electron chi connectivity index (χ2n) is 8.03. The molecule has 3 aliphatic heterocycles. The molecule has 0 spiro atoms. The van der Waals surface area contributed by atoms with Crippen molar-refractivity contribution in [2.75, 3.05) is 39.5 Å². The minimum Gasteiger partial charge on any atom is -0.368 e. The number of carbonyl (C=O) groups is 3. The van der Waals surface area contributed by atoms with E-state index in [0.29, 0.717) is 43.4 Å². The lowest BCUT2D eigenvalue weighted by molar-refractivity contribution is -0.911. The van der Waals surface area contributed by atoms with Crippen LogP contribution in [0.5, 0.6) is 0 Å². The molecule has 2 N–H and O–H groups in total. The molecule has 0 radical (unpaired) electrons. The summed E-state index contributed by atoms with van der Waals surface area (Å²) in [6.07, 6.45) is 1.42. The third kappa shape index (κ3) is 3.84. The van der Waals surface area contributed by atoms with E-state index in [1.807, 2.05) is 4.90 Å². The molecule has 4 rings (SSSR count). The number of imide groups is 1. The summed E-state index contributed by atoms with van der Waals surface area (Å²) in [6.45, 7) is 5.23. The van der Waals surface area contributed by atoms with Gasteiger partial charge in [0.05, 0.1) is 26.2 Å². The lowest BCUT2D eigenvalue weighted by Gasteiger charge is -2.34. The van der Waals surface area contributed by atoms with E-state index in [0.717, 1.165) is 17.7 Å². The predicted octanol–water partition coefficient (Wildman–Crippen LogP) is -0.0294. The number of benzene rings is 1. The third-order valence-electron chi connectivity index (χ3n) is 6.07. The normalized spacial score (nSPS) is 28.1. The van der Waals surface area contributed by atoms with Crippen LogP contribution in [0.1, 0.15) is 25.3 Å². The monoisotopic (exact) mass is 421 g/mol. The van der Waals surface area contributed by atoms with E-state index in [1.165, 1.54) is 4.90 Å². The van der Waals surface area contributed by atoms with Gasteiger partial charge in [-0.2, -0.15) is 0 Å². The van der Waals surface area contributed by atoms with Gasteiger partial charge in [-0.15, -0.1) is 0 Å². The van der Waals surface area contributed by atoms with Crippen molar-refractivity contribution in [2.45, 2.75) is 31.4 Å². The Morgan fingerprint density at radius 2 is 1.97 bits per heavy atom. The molecule has 2 atom stereocenters. The SMILES string of the molecule is C[C@]1(c2ccc(Cl)cc2)NC(=O)N(C[NH+]2CCN(C(=O)[C@@H]3CCCO3)CC2)C1=O. The van der Waals surface area contributed by atoms with Gasteiger partial charge in [-0.05, 0) is 37.5 Å². The Labute approximate surface area is 174 Å². The first-order valence-corrected chi connectivity index (χ1v) is 10.4. The van der Waals surface area contributed by atoms with Crippen LogP contribution in [0.4, 0.5) is 4.79 Å². The summed E-state index contributed by atoms with van der Waals surface area (Å²) in [5.41, 5.74) is -0.400. The summed E-state index contributed by atoms with van der Waals surface area (Å²) in [5, 5.41) is 3.39. The molecule has 4 amide bonds. The standard InChI is InChI=1S/C20H25ClN4O4/c1-20(14-4-6-15(21)7-5-14)18(27)25(19(28)22-20)13-23-8-10-24(11-9-23)17(26)16-3-2-12-29-16/h4-7,16H,2-3,8-13H2,1H3,(H,22,28)/p+1/t16-,20+/m0/s1. The van der Waals surface area contributed by atoms with Gasteiger partial charge in [0.2, 0.25) is 0 Å². The quantitative estimate of drug-likeness (QED) is 0.669. The van der Waals surface area contributed by atoms with Gasteiger partial charge < -0.3 is 19.9 Å². The van der Waals surface area contributed by atoms with Crippen LogP contribution in [0, 0.1) is 0 Å². The van der Waals surface area contributed by atoms with Gasteiger partial charge >= 0.3 is 6.03 Å². The van der Waals surface area contributed by atoms with E-state index in [4.69, 9.17) is 16.3 Å². The lowest BCUT2D eigenvalue weighted by atomic mass is 9.92. The molecule has 9 heteroatoms. The van der Waals surface area contributed by atoms with Crippen LogP contribution < -0.4 is 10.2 Å². The predicted molar refractivity (Wildman–Crippen MR) is 105 cm³/mol. The molecule has 0 aromatic heterocycles. The zero-order valence-electron chi connectivity index (χ0n) is 16.4. The van der Waals surface area contributed by atoms with Crippen molar-refractivity contribution in [2.24, 2.45) is 0 Å². The average Bonchev–Trinajstić information content (AvgIpc) is 3.32. The number of hydrogen-bond acceptors (Lipinski definition) is 4. The molecule has 1 aromatic carbocycles. The van der Waals surface area contributed by atoms with E-state index in [-0.39, 0.29) is 24.6 Å². The van der Waals surface area contributed by atoms with Crippen LogP contribution in [0.2, 0.25) is 5.02 Å². The molecule has 8 nitrogen and oxygen atoms in total. The Bertz CT molecular complexity index is 803. The first-order valence-electron chi connectivity index (χ1n) is 10.0. The van der Waals surface area contributed by atoms with Crippen molar-refractivity contribution in [1.82, 2.24) is 15.1 Å². The molecule has 3 saturated heterocycles. The molecule has 0 unspecified atom stereocenters. The summed E-state index contributed by atoms with van der Waals surface area (Å²) in [5.74, 6) is -0.206. The number of rotatable bonds is 4. The van der Waals surface area contributed by atoms with Crippen molar-refractivity contribution in [3.63, 3.8) is 0 Å². The molecule has 0 bridgehead atoms. The summed E-state index contributed by atoms with van der Waals surface area (Å²) in [4.78, 5) is 42.3. The molecule has 0 aliphatic carbocycles. The molecule has 3 fully saturated rings. The number of nitrogens with one attached hydrogen (secondary N) is 2. The van der Waals surface area contributed by atoms with Gasteiger partial charge in [0.15, 0.2) is 6.67 Å². The largest absolute Gasteiger partial charge is 0.368 e. The highest BCUT2D eigenvalue weighted by Gasteiger charge is 2.50. The maximum atomic E-state index is 13.1. The number of piperazine rings is 1. The molecular weight excluding hydrogens is 396 g/mol. The van der Waals surface area contributed by atoms with Gasteiger partial charge in [-0.3, -0.25) is 9.59 Å². The molecule has 3 heterocycles. The fourth-order valence-electron chi connectivity index (χ4n) is 4.22. The maximum absolute atomic E-state index is 13.1.